The number of hydrogen-bond acceptors (Lipinski definition) is 11. The fraction of sp³-hybridized carbons (Fsp3) is 0.543. The molecular weight excluding hydrogens is 614 g/mol. The first kappa shape index (κ1) is 35.1. The highest BCUT2D eigenvalue weighted by molar-refractivity contribution is 5.95. The summed E-state index contributed by atoms with van der Waals surface area (Å²) in [5.41, 5.74) is 4.90. The predicted molar refractivity (Wildman–Crippen MR) is 182 cm³/mol. The maximum absolute atomic E-state index is 13.4. The number of fused-ring (bicyclic) bond motifs is 1. The number of oxazole rings is 1. The number of ether oxygens (including phenoxy) is 2. The summed E-state index contributed by atoms with van der Waals surface area (Å²) in [6, 6.07) is 7.74. The number of benzene rings is 1. The molecule has 3 aromatic rings. The summed E-state index contributed by atoms with van der Waals surface area (Å²) < 4.78 is 16.7. The molecular formula is C35H49N7O6. The monoisotopic (exact) mass is 663 g/mol. The summed E-state index contributed by atoms with van der Waals surface area (Å²) >= 11 is 0. The number of hydrogen-bond donors (Lipinski definition) is 3. The standard InChI is InChI=1S/C35H49N7O6/c1-23-30-10-11-41(19-26(30)6-7-31(23)47-21-32-24(2)37-22-48-32)20-29(44)18-36-35(45)27-16-33(39-34(17-27)40(4)14-15-46-5)38-28-8-12-42(13-9-28)25(3)43/h6-7,16-17,22,28-29,44H,8-15,18-21H2,1-5H3,(H,36,45)(H,38,39)/t29-/m0/s1. The van der Waals surface area contributed by atoms with Gasteiger partial charge in [0.1, 0.15) is 24.0 Å². The van der Waals surface area contributed by atoms with E-state index in [1.54, 1.807) is 26.2 Å². The van der Waals surface area contributed by atoms with Crippen LogP contribution in [0.25, 0.3) is 0 Å². The van der Waals surface area contributed by atoms with Crippen LogP contribution in [0.2, 0.25) is 0 Å². The van der Waals surface area contributed by atoms with E-state index in [1.165, 1.54) is 17.5 Å². The van der Waals surface area contributed by atoms with Crippen LogP contribution in [0.1, 0.15) is 58.3 Å². The number of amides is 2. The molecule has 1 atom stereocenters. The van der Waals surface area contributed by atoms with Crippen molar-refractivity contribution in [1.29, 1.82) is 0 Å². The Hall–Kier alpha value is -4.20. The lowest BCUT2D eigenvalue weighted by Crippen LogP contribution is -2.42. The minimum Gasteiger partial charge on any atom is -0.485 e. The van der Waals surface area contributed by atoms with Gasteiger partial charge in [-0.15, -0.1) is 0 Å². The molecule has 0 unspecified atom stereocenters. The van der Waals surface area contributed by atoms with E-state index in [0.29, 0.717) is 63.1 Å². The minimum atomic E-state index is -0.737. The van der Waals surface area contributed by atoms with Gasteiger partial charge in [-0.3, -0.25) is 14.5 Å². The van der Waals surface area contributed by atoms with Gasteiger partial charge in [0, 0.05) is 78.5 Å². The number of nitrogens with one attached hydrogen (secondary N) is 2. The van der Waals surface area contributed by atoms with Crippen LogP contribution in [0.4, 0.5) is 11.6 Å². The third kappa shape index (κ3) is 9.03. The van der Waals surface area contributed by atoms with Gasteiger partial charge in [0.2, 0.25) is 5.91 Å². The first-order chi connectivity index (χ1) is 23.1. The van der Waals surface area contributed by atoms with Crippen LogP contribution >= 0.6 is 0 Å². The molecule has 0 radical (unpaired) electrons. The van der Waals surface area contributed by atoms with Gasteiger partial charge in [0.15, 0.2) is 12.2 Å². The number of aromatic nitrogens is 2. The molecule has 260 valence electrons. The number of likely N-dealkylation sites (tertiary alicyclic amines) is 1. The Morgan fingerprint density at radius 3 is 2.69 bits per heavy atom. The smallest absolute Gasteiger partial charge is 0.251 e. The third-order valence-electron chi connectivity index (χ3n) is 9.28. The number of β-amino-alcohol motifs (C(OH)–C–C–N with tert-alkyl or cyclic N) is 1. The van der Waals surface area contributed by atoms with Crippen LogP contribution in [0.3, 0.4) is 0 Å². The lowest BCUT2D eigenvalue weighted by atomic mass is 9.94. The van der Waals surface area contributed by atoms with E-state index in [0.717, 1.165) is 48.6 Å². The van der Waals surface area contributed by atoms with Crippen molar-refractivity contribution in [2.75, 3.05) is 70.2 Å². The highest BCUT2D eigenvalue weighted by atomic mass is 16.5. The zero-order valence-corrected chi connectivity index (χ0v) is 28.8. The molecule has 2 aliphatic rings. The summed E-state index contributed by atoms with van der Waals surface area (Å²) in [7, 11) is 3.56. The van der Waals surface area contributed by atoms with Crippen molar-refractivity contribution < 1.29 is 28.6 Å². The number of methoxy groups -OCH3 is 1. The van der Waals surface area contributed by atoms with Crippen molar-refractivity contribution in [3.63, 3.8) is 0 Å². The molecule has 5 rings (SSSR count). The number of piperidine rings is 1. The van der Waals surface area contributed by atoms with Gasteiger partial charge in [-0.05, 0) is 68.0 Å². The summed E-state index contributed by atoms with van der Waals surface area (Å²) in [6.45, 7) is 10.5. The van der Waals surface area contributed by atoms with Gasteiger partial charge in [-0.1, -0.05) is 6.07 Å². The van der Waals surface area contributed by atoms with Crippen molar-refractivity contribution in [1.82, 2.24) is 25.1 Å². The van der Waals surface area contributed by atoms with Crippen LogP contribution in [0.5, 0.6) is 5.75 Å². The number of anilines is 2. The summed E-state index contributed by atoms with van der Waals surface area (Å²) in [5.74, 6) is 2.62. The zero-order valence-electron chi connectivity index (χ0n) is 28.8. The lowest BCUT2D eigenvalue weighted by Gasteiger charge is -2.32. The van der Waals surface area contributed by atoms with E-state index in [1.807, 2.05) is 29.8 Å². The summed E-state index contributed by atoms with van der Waals surface area (Å²) in [6.07, 6.45) is 3.15. The Morgan fingerprint density at radius 2 is 1.98 bits per heavy atom. The van der Waals surface area contributed by atoms with Crippen molar-refractivity contribution in [3.05, 3.63) is 64.4 Å². The molecule has 2 amide bonds. The van der Waals surface area contributed by atoms with Crippen LogP contribution in [0.15, 0.2) is 35.1 Å². The normalized spacial score (nSPS) is 15.9. The third-order valence-corrected chi connectivity index (χ3v) is 9.28. The second kappa shape index (κ2) is 16.3. The Balaban J connectivity index is 1.16. The van der Waals surface area contributed by atoms with Crippen LogP contribution in [-0.4, -0.2) is 109 Å². The van der Waals surface area contributed by atoms with E-state index < -0.39 is 6.10 Å². The van der Waals surface area contributed by atoms with E-state index >= 15 is 0 Å². The van der Waals surface area contributed by atoms with Crippen LogP contribution in [0, 0.1) is 13.8 Å². The van der Waals surface area contributed by atoms with E-state index in [9.17, 15) is 14.7 Å². The van der Waals surface area contributed by atoms with E-state index in [4.69, 9.17) is 18.9 Å². The molecule has 1 fully saturated rings. The molecule has 0 spiro atoms. The summed E-state index contributed by atoms with van der Waals surface area (Å²) in [4.78, 5) is 40.0. The fourth-order valence-electron chi connectivity index (χ4n) is 6.28. The van der Waals surface area contributed by atoms with Crippen molar-refractivity contribution in [2.24, 2.45) is 0 Å². The molecule has 13 nitrogen and oxygen atoms in total. The molecule has 13 heteroatoms. The molecule has 2 aliphatic heterocycles. The maximum atomic E-state index is 13.4. The van der Waals surface area contributed by atoms with E-state index in [2.05, 4.69) is 33.5 Å². The van der Waals surface area contributed by atoms with Gasteiger partial charge < -0.3 is 39.4 Å². The Kier molecular flexibility index (Phi) is 11.9. The van der Waals surface area contributed by atoms with Gasteiger partial charge in [0.25, 0.3) is 5.91 Å². The molecule has 1 saturated heterocycles. The maximum Gasteiger partial charge on any atom is 0.251 e. The van der Waals surface area contributed by atoms with Gasteiger partial charge in [-0.25, -0.2) is 9.97 Å². The van der Waals surface area contributed by atoms with Crippen molar-refractivity contribution in [2.45, 2.75) is 65.3 Å². The second-order valence-corrected chi connectivity index (χ2v) is 12.8. The topological polar surface area (TPSA) is 146 Å². The number of pyridine rings is 1. The number of rotatable bonds is 14. The first-order valence-corrected chi connectivity index (χ1v) is 16.7. The molecule has 0 aliphatic carbocycles. The van der Waals surface area contributed by atoms with Crippen LogP contribution < -0.4 is 20.3 Å². The first-order valence-electron chi connectivity index (χ1n) is 16.7. The Morgan fingerprint density at radius 1 is 1.19 bits per heavy atom. The fourth-order valence-corrected chi connectivity index (χ4v) is 6.28. The summed E-state index contributed by atoms with van der Waals surface area (Å²) in [5, 5.41) is 17.3. The van der Waals surface area contributed by atoms with Gasteiger partial charge in [-0.2, -0.15) is 0 Å². The molecule has 3 N–H and O–H groups in total. The number of carbonyl (C=O) groups is 2. The molecule has 4 heterocycles. The number of aliphatic hydroxyl groups is 1. The van der Waals surface area contributed by atoms with Gasteiger partial charge in [0.05, 0.1) is 18.4 Å². The second-order valence-electron chi connectivity index (χ2n) is 12.8. The molecule has 48 heavy (non-hydrogen) atoms. The van der Waals surface area contributed by atoms with Crippen molar-refractivity contribution in [3.8, 4) is 5.75 Å². The minimum absolute atomic E-state index is 0.0876. The highest BCUT2D eigenvalue weighted by Crippen LogP contribution is 2.30. The largest absolute Gasteiger partial charge is 0.485 e. The highest BCUT2D eigenvalue weighted by Gasteiger charge is 2.24. The number of likely N-dealkylation sites (N-methyl/N-ethyl adjacent to an activating group) is 1. The molecule has 0 bridgehead atoms. The molecule has 1 aromatic carbocycles. The average molecular weight is 664 g/mol. The predicted octanol–water partition coefficient (Wildman–Crippen LogP) is 2.92. The number of nitrogens with zero attached hydrogens (tertiary/aromatic N) is 5. The lowest BCUT2D eigenvalue weighted by molar-refractivity contribution is -0.129. The van der Waals surface area contributed by atoms with E-state index in [-0.39, 0.29) is 24.4 Å². The zero-order chi connectivity index (χ0) is 34.2. The quantitative estimate of drug-likeness (QED) is 0.234. The molecule has 0 saturated carbocycles. The van der Waals surface area contributed by atoms with Gasteiger partial charge >= 0.3 is 0 Å². The number of aliphatic hydroxyl groups excluding tert-OH is 1. The Labute approximate surface area is 282 Å². The van der Waals surface area contributed by atoms with Crippen LogP contribution in [-0.2, 0) is 29.1 Å². The van der Waals surface area contributed by atoms with Crippen molar-refractivity contribution >= 4 is 23.5 Å². The average Bonchev–Trinajstić information content (AvgIpc) is 3.50. The molecule has 2 aromatic heterocycles. The Bertz CT molecular complexity index is 1550. The number of aryl methyl sites for hydroxylation is 1. The SMILES string of the molecule is COCCN(C)c1cc(C(=O)NC[C@H](O)CN2CCc3c(ccc(OCc4ocnc4C)c3C)C2)cc(NC2CCN(C(C)=O)CC2)n1. The number of carbonyl (C=O) groups excluding carboxylic acids is 2.